The number of nitriles is 1. The van der Waals surface area contributed by atoms with Crippen molar-refractivity contribution in [2.45, 2.75) is 38.6 Å². The highest BCUT2D eigenvalue weighted by atomic mass is 16.7. The van der Waals surface area contributed by atoms with E-state index in [9.17, 15) is 10.1 Å². The normalized spacial score (nSPS) is 19.8. The lowest BCUT2D eigenvalue weighted by Gasteiger charge is -2.31. The van der Waals surface area contributed by atoms with Crippen LogP contribution in [-0.2, 0) is 11.2 Å². The zero-order valence-corrected chi connectivity index (χ0v) is 16.4. The molecule has 0 radical (unpaired) electrons. The number of nitrogens with two attached hydrogens (primary N) is 1. The molecule has 2 N–H and O–H groups in total. The Balaban J connectivity index is 1.95. The first-order valence-electron chi connectivity index (χ1n) is 9.57. The summed E-state index contributed by atoms with van der Waals surface area (Å²) in [5.41, 5.74) is 8.45. The molecule has 2 aliphatic rings. The van der Waals surface area contributed by atoms with E-state index >= 15 is 0 Å². The molecule has 0 aliphatic carbocycles. The average molecular weight is 390 g/mol. The van der Waals surface area contributed by atoms with E-state index in [1.54, 1.807) is 19.1 Å². The van der Waals surface area contributed by atoms with E-state index < -0.39 is 5.54 Å². The van der Waals surface area contributed by atoms with E-state index in [-0.39, 0.29) is 12.7 Å². The van der Waals surface area contributed by atoms with Crippen LogP contribution in [0.2, 0.25) is 0 Å². The number of carbonyl (C=O) groups excluding carboxylic acids is 1. The summed E-state index contributed by atoms with van der Waals surface area (Å²) in [6.45, 7) is 3.82. The third-order valence-corrected chi connectivity index (χ3v) is 5.18. The van der Waals surface area contributed by atoms with Gasteiger partial charge in [-0.3, -0.25) is 4.79 Å². The Labute approximate surface area is 169 Å². The number of ether oxygens (including phenoxy) is 2. The molecule has 1 atom stereocenters. The minimum Gasteiger partial charge on any atom is -0.454 e. The van der Waals surface area contributed by atoms with Crippen molar-refractivity contribution in [2.75, 3.05) is 12.5 Å². The standard InChI is InChI=1S/C22H22N4O3/c1-3-4-20(27)26-22(2,12-23)11-15-9-18-19(29-13-28-18)10-17(15)21(25-26)14-5-7-16(24)8-6-14/h5-10H,3-4,11,13,24H2,1-2H3. The summed E-state index contributed by atoms with van der Waals surface area (Å²) in [4.78, 5) is 12.9. The summed E-state index contributed by atoms with van der Waals surface area (Å²) >= 11 is 0. The largest absolute Gasteiger partial charge is 0.454 e. The van der Waals surface area contributed by atoms with Gasteiger partial charge in [-0.1, -0.05) is 19.1 Å². The van der Waals surface area contributed by atoms with Gasteiger partial charge in [0.25, 0.3) is 0 Å². The van der Waals surface area contributed by atoms with E-state index in [2.05, 4.69) is 6.07 Å². The molecule has 0 aromatic heterocycles. The molecule has 0 saturated carbocycles. The second-order valence-electron chi connectivity index (χ2n) is 7.45. The van der Waals surface area contributed by atoms with Crippen molar-refractivity contribution in [3.63, 3.8) is 0 Å². The molecular weight excluding hydrogens is 368 g/mol. The van der Waals surface area contributed by atoms with Gasteiger partial charge in [-0.2, -0.15) is 10.4 Å². The number of anilines is 1. The third kappa shape index (κ3) is 3.27. The fourth-order valence-corrected chi connectivity index (χ4v) is 3.65. The lowest BCUT2D eigenvalue weighted by molar-refractivity contribution is -0.135. The average Bonchev–Trinajstić information content (AvgIpc) is 3.11. The molecule has 148 valence electrons. The molecule has 0 fully saturated rings. The number of hydrogen-bond donors (Lipinski definition) is 1. The molecule has 0 saturated heterocycles. The first-order chi connectivity index (χ1) is 13.9. The lowest BCUT2D eigenvalue weighted by Crippen LogP contribution is -2.46. The van der Waals surface area contributed by atoms with Gasteiger partial charge in [0.2, 0.25) is 12.7 Å². The van der Waals surface area contributed by atoms with Gasteiger partial charge < -0.3 is 15.2 Å². The SMILES string of the molecule is CCCC(=O)N1N=C(c2ccc(N)cc2)c2cc3c(cc2CC1(C)C#N)OCO3. The topological polar surface area (TPSA) is 101 Å². The number of hydrazone groups is 1. The second-order valence-corrected chi connectivity index (χ2v) is 7.45. The summed E-state index contributed by atoms with van der Waals surface area (Å²) in [6.07, 6.45) is 1.31. The Morgan fingerprint density at radius 3 is 2.62 bits per heavy atom. The van der Waals surface area contributed by atoms with E-state index in [0.29, 0.717) is 42.2 Å². The molecule has 2 aliphatic heterocycles. The maximum absolute atomic E-state index is 12.9. The summed E-state index contributed by atoms with van der Waals surface area (Å²) in [6, 6.07) is 13.4. The lowest BCUT2D eigenvalue weighted by atomic mass is 9.88. The van der Waals surface area contributed by atoms with Crippen LogP contribution in [0, 0.1) is 11.3 Å². The van der Waals surface area contributed by atoms with Crippen LogP contribution in [0.4, 0.5) is 5.69 Å². The molecular formula is C22H22N4O3. The Hall–Kier alpha value is -3.53. The van der Waals surface area contributed by atoms with Crippen LogP contribution >= 0.6 is 0 Å². The number of rotatable bonds is 3. The number of hydrogen-bond acceptors (Lipinski definition) is 6. The van der Waals surface area contributed by atoms with Crippen LogP contribution in [0.1, 0.15) is 43.4 Å². The van der Waals surface area contributed by atoms with Crippen molar-refractivity contribution in [3.05, 3.63) is 53.1 Å². The first-order valence-corrected chi connectivity index (χ1v) is 9.57. The first kappa shape index (κ1) is 18.8. The molecule has 7 nitrogen and oxygen atoms in total. The molecule has 2 heterocycles. The van der Waals surface area contributed by atoms with Crippen LogP contribution < -0.4 is 15.2 Å². The Morgan fingerprint density at radius 1 is 1.28 bits per heavy atom. The fraction of sp³-hybridized carbons (Fsp3) is 0.318. The van der Waals surface area contributed by atoms with Gasteiger partial charge in [0, 0.05) is 29.7 Å². The van der Waals surface area contributed by atoms with Crippen molar-refractivity contribution < 1.29 is 14.3 Å². The minimum atomic E-state index is -1.12. The van der Waals surface area contributed by atoms with Gasteiger partial charge in [0.05, 0.1) is 11.8 Å². The number of benzene rings is 2. The van der Waals surface area contributed by atoms with Crippen LogP contribution in [0.25, 0.3) is 0 Å². The maximum Gasteiger partial charge on any atom is 0.244 e. The molecule has 7 heteroatoms. The van der Waals surface area contributed by atoms with Crippen molar-refractivity contribution in [2.24, 2.45) is 5.10 Å². The van der Waals surface area contributed by atoms with E-state index in [1.165, 1.54) is 5.01 Å². The minimum absolute atomic E-state index is 0.156. The number of nitrogen functional groups attached to an aromatic ring is 1. The molecule has 0 spiro atoms. The summed E-state index contributed by atoms with van der Waals surface area (Å²) in [5, 5.41) is 16.1. The monoisotopic (exact) mass is 390 g/mol. The molecule has 1 unspecified atom stereocenters. The third-order valence-electron chi connectivity index (χ3n) is 5.18. The predicted molar refractivity (Wildman–Crippen MR) is 109 cm³/mol. The van der Waals surface area contributed by atoms with Crippen molar-refractivity contribution >= 4 is 17.3 Å². The smallest absolute Gasteiger partial charge is 0.244 e. The van der Waals surface area contributed by atoms with Gasteiger partial charge in [-0.25, -0.2) is 5.01 Å². The van der Waals surface area contributed by atoms with E-state index in [1.807, 2.05) is 31.2 Å². The van der Waals surface area contributed by atoms with Gasteiger partial charge >= 0.3 is 0 Å². The Morgan fingerprint density at radius 2 is 1.97 bits per heavy atom. The number of carbonyl (C=O) groups is 1. The van der Waals surface area contributed by atoms with Gasteiger partial charge in [0.1, 0.15) is 0 Å². The molecule has 2 aromatic rings. The highest BCUT2D eigenvalue weighted by Crippen LogP contribution is 2.39. The quantitative estimate of drug-likeness (QED) is 0.811. The zero-order chi connectivity index (χ0) is 20.6. The molecule has 1 amide bonds. The highest BCUT2D eigenvalue weighted by molar-refractivity contribution is 6.14. The maximum atomic E-state index is 12.9. The number of nitrogens with zero attached hydrogens (tertiary/aromatic N) is 3. The highest BCUT2D eigenvalue weighted by Gasteiger charge is 2.40. The summed E-state index contributed by atoms with van der Waals surface area (Å²) in [7, 11) is 0. The number of amides is 1. The number of fused-ring (bicyclic) bond motifs is 2. The molecule has 2 aromatic carbocycles. The van der Waals surface area contributed by atoms with Crippen molar-refractivity contribution in [1.82, 2.24) is 5.01 Å². The summed E-state index contributed by atoms with van der Waals surface area (Å²) < 4.78 is 11.1. The molecule has 4 rings (SSSR count). The fourth-order valence-electron chi connectivity index (χ4n) is 3.65. The summed E-state index contributed by atoms with van der Waals surface area (Å²) in [5.74, 6) is 1.07. The zero-order valence-electron chi connectivity index (χ0n) is 16.4. The van der Waals surface area contributed by atoms with Gasteiger partial charge in [0.15, 0.2) is 17.0 Å². The van der Waals surface area contributed by atoms with Crippen molar-refractivity contribution in [3.8, 4) is 17.6 Å². The van der Waals surface area contributed by atoms with Crippen LogP contribution in [0.5, 0.6) is 11.5 Å². The van der Waals surface area contributed by atoms with Crippen molar-refractivity contribution in [1.29, 1.82) is 5.26 Å². The predicted octanol–water partition coefficient (Wildman–Crippen LogP) is 3.22. The Bertz CT molecular complexity index is 1040. The van der Waals surface area contributed by atoms with E-state index in [0.717, 1.165) is 16.7 Å². The molecule has 29 heavy (non-hydrogen) atoms. The van der Waals surface area contributed by atoms with Gasteiger partial charge in [-0.15, -0.1) is 0 Å². The van der Waals surface area contributed by atoms with E-state index in [4.69, 9.17) is 20.3 Å². The van der Waals surface area contributed by atoms with Gasteiger partial charge in [-0.05, 0) is 43.2 Å². The van der Waals surface area contributed by atoms with Crippen LogP contribution in [0.3, 0.4) is 0 Å². The van der Waals surface area contributed by atoms with Crippen LogP contribution in [0.15, 0.2) is 41.5 Å². The Kier molecular flexibility index (Phi) is 4.63. The van der Waals surface area contributed by atoms with Crippen LogP contribution in [-0.4, -0.2) is 29.0 Å². The second kappa shape index (κ2) is 7.13. The molecule has 0 bridgehead atoms.